The van der Waals surface area contributed by atoms with Gasteiger partial charge in [0.25, 0.3) is 0 Å². The summed E-state index contributed by atoms with van der Waals surface area (Å²) in [7, 11) is 3.26. The molecule has 0 fully saturated rings. The van der Waals surface area contributed by atoms with Crippen molar-refractivity contribution in [1.82, 2.24) is 9.80 Å². The fourth-order valence-electron chi connectivity index (χ4n) is 5.47. The van der Waals surface area contributed by atoms with Crippen LogP contribution in [0.1, 0.15) is 40.8 Å². The Hall–Kier alpha value is -3.09. The molecule has 2 aliphatic rings. The minimum atomic E-state index is -0.353. The van der Waals surface area contributed by atoms with Crippen molar-refractivity contribution in [3.8, 4) is 11.5 Å². The first-order valence-corrected chi connectivity index (χ1v) is 12.1. The highest BCUT2D eigenvalue weighted by molar-refractivity contribution is 5.85. The van der Waals surface area contributed by atoms with Gasteiger partial charge in [0.1, 0.15) is 5.82 Å². The molecule has 0 spiro atoms. The average molecular weight is 511 g/mol. The lowest BCUT2D eigenvalue weighted by Gasteiger charge is -2.42. The van der Waals surface area contributed by atoms with E-state index < -0.39 is 0 Å². The van der Waals surface area contributed by atoms with Crippen LogP contribution in [-0.2, 0) is 30.7 Å². The second-order valence-electron chi connectivity index (χ2n) is 9.35. The number of fused-ring (bicyclic) bond motifs is 2. The molecular weight excluding hydrogens is 479 g/mol. The zero-order chi connectivity index (χ0) is 24.5. The monoisotopic (exact) mass is 510 g/mol. The summed E-state index contributed by atoms with van der Waals surface area (Å²) in [5, 5.41) is 0. The zero-order valence-corrected chi connectivity index (χ0v) is 21.7. The van der Waals surface area contributed by atoms with Crippen molar-refractivity contribution in [1.29, 1.82) is 0 Å². The number of nitrogens with zero attached hydrogens (tertiary/aromatic N) is 2. The molecular formula is C29H32ClFN2O3. The van der Waals surface area contributed by atoms with Gasteiger partial charge < -0.3 is 14.4 Å². The van der Waals surface area contributed by atoms with E-state index in [1.54, 1.807) is 26.4 Å². The smallest absolute Gasteiger partial charge is 0.240 e. The Morgan fingerprint density at radius 2 is 1.64 bits per heavy atom. The third-order valence-corrected chi connectivity index (χ3v) is 7.43. The number of amides is 1. The van der Waals surface area contributed by atoms with Gasteiger partial charge in [-0.3, -0.25) is 9.69 Å². The highest BCUT2D eigenvalue weighted by atomic mass is 35.5. The maximum absolute atomic E-state index is 14.5. The standard InChI is InChI=1S/C29H31FN2O3.ClH/c1-19-24-16-28(35-3)27(34-2)15-21(24)12-13-32(19)29(33)26-14-20-8-4-5-9-22(20)17-31(26)18-23-10-6-7-11-25(23)30;/h4-11,15-16,19,26H,12-14,17-18H2,1-3H3;1H/t19-,26?;/m1./s1. The van der Waals surface area contributed by atoms with Gasteiger partial charge in [0, 0.05) is 25.2 Å². The number of carbonyl (C=O) groups is 1. The van der Waals surface area contributed by atoms with Crippen LogP contribution in [0.15, 0.2) is 60.7 Å². The molecule has 5 rings (SSSR count). The molecule has 7 heteroatoms. The van der Waals surface area contributed by atoms with Gasteiger partial charge in [0.2, 0.25) is 5.91 Å². The number of carbonyl (C=O) groups excluding carboxylic acids is 1. The summed E-state index contributed by atoms with van der Waals surface area (Å²) in [5.41, 5.74) is 5.25. The Morgan fingerprint density at radius 3 is 2.36 bits per heavy atom. The molecule has 0 radical (unpaired) electrons. The molecule has 190 valence electrons. The van der Waals surface area contributed by atoms with E-state index in [9.17, 15) is 9.18 Å². The highest BCUT2D eigenvalue weighted by Crippen LogP contribution is 2.39. The molecule has 3 aromatic rings. The van der Waals surface area contributed by atoms with Crippen molar-refractivity contribution in [2.75, 3.05) is 20.8 Å². The first kappa shape index (κ1) is 26.0. The normalized spacial score (nSPS) is 19.1. The predicted octanol–water partition coefficient (Wildman–Crippen LogP) is 5.34. The van der Waals surface area contributed by atoms with Crippen LogP contribution in [0, 0.1) is 5.82 Å². The number of ether oxygens (including phenoxy) is 2. The molecule has 1 unspecified atom stereocenters. The Balaban J connectivity index is 0.00000304. The van der Waals surface area contributed by atoms with Gasteiger partial charge in [-0.2, -0.15) is 0 Å². The Morgan fingerprint density at radius 1 is 0.972 bits per heavy atom. The van der Waals surface area contributed by atoms with Crippen molar-refractivity contribution >= 4 is 18.3 Å². The summed E-state index contributed by atoms with van der Waals surface area (Å²) in [5.74, 6) is 1.22. The van der Waals surface area contributed by atoms with Crippen LogP contribution >= 0.6 is 12.4 Å². The van der Waals surface area contributed by atoms with Crippen LogP contribution in [0.3, 0.4) is 0 Å². The molecule has 0 saturated carbocycles. The first-order chi connectivity index (χ1) is 17.0. The largest absolute Gasteiger partial charge is 0.493 e. The summed E-state index contributed by atoms with van der Waals surface area (Å²) in [6.07, 6.45) is 1.37. The van der Waals surface area contributed by atoms with Gasteiger partial charge in [-0.05, 0) is 60.2 Å². The third-order valence-electron chi connectivity index (χ3n) is 7.43. The summed E-state index contributed by atoms with van der Waals surface area (Å²) < 4.78 is 25.5. The quantitative estimate of drug-likeness (QED) is 0.465. The van der Waals surface area contributed by atoms with Crippen molar-refractivity contribution in [2.24, 2.45) is 0 Å². The van der Waals surface area contributed by atoms with Crippen LogP contribution in [0.25, 0.3) is 0 Å². The van der Waals surface area contributed by atoms with Gasteiger partial charge in [0.05, 0.1) is 26.3 Å². The summed E-state index contributed by atoms with van der Waals surface area (Å²) in [4.78, 5) is 18.2. The lowest BCUT2D eigenvalue weighted by molar-refractivity contribution is -0.140. The SMILES string of the molecule is COc1cc2c(cc1OC)[C@@H](C)N(C(=O)C1Cc3ccccc3CN1Cc1ccccc1F)CC2.Cl. The zero-order valence-electron chi connectivity index (χ0n) is 20.9. The molecule has 3 aromatic carbocycles. The first-order valence-electron chi connectivity index (χ1n) is 12.1. The van der Waals surface area contributed by atoms with E-state index in [1.165, 1.54) is 22.8 Å². The van der Waals surface area contributed by atoms with E-state index in [0.717, 1.165) is 12.0 Å². The van der Waals surface area contributed by atoms with E-state index in [0.29, 0.717) is 43.1 Å². The van der Waals surface area contributed by atoms with Crippen LogP contribution in [-0.4, -0.2) is 42.5 Å². The lowest BCUT2D eigenvalue weighted by atomic mass is 9.89. The van der Waals surface area contributed by atoms with Gasteiger partial charge in [-0.1, -0.05) is 42.5 Å². The van der Waals surface area contributed by atoms with E-state index in [1.807, 2.05) is 35.2 Å². The van der Waals surface area contributed by atoms with Gasteiger partial charge >= 0.3 is 0 Å². The van der Waals surface area contributed by atoms with Crippen LogP contribution in [0.2, 0.25) is 0 Å². The van der Waals surface area contributed by atoms with E-state index in [-0.39, 0.29) is 36.2 Å². The summed E-state index contributed by atoms with van der Waals surface area (Å²) >= 11 is 0. The molecule has 0 N–H and O–H groups in total. The van der Waals surface area contributed by atoms with Crippen molar-refractivity contribution in [3.05, 3.63) is 94.3 Å². The Labute approximate surface area is 218 Å². The second-order valence-corrected chi connectivity index (χ2v) is 9.35. The average Bonchev–Trinajstić information content (AvgIpc) is 2.88. The van der Waals surface area contributed by atoms with Crippen molar-refractivity contribution in [3.63, 3.8) is 0 Å². The predicted molar refractivity (Wildman–Crippen MR) is 140 cm³/mol. The second kappa shape index (κ2) is 10.9. The van der Waals surface area contributed by atoms with Crippen LogP contribution in [0.5, 0.6) is 11.5 Å². The summed E-state index contributed by atoms with van der Waals surface area (Å²) in [6, 6.07) is 18.6. The fraction of sp³-hybridized carbons (Fsp3) is 0.345. The maximum Gasteiger partial charge on any atom is 0.240 e. The number of halogens is 2. The number of hydrogen-bond acceptors (Lipinski definition) is 4. The molecule has 2 aliphatic heterocycles. The number of hydrogen-bond donors (Lipinski definition) is 0. The topological polar surface area (TPSA) is 42.0 Å². The molecule has 2 atom stereocenters. The van der Waals surface area contributed by atoms with Gasteiger partial charge in [-0.25, -0.2) is 4.39 Å². The number of methoxy groups -OCH3 is 2. The summed E-state index contributed by atoms with van der Waals surface area (Å²) in [6.45, 7) is 3.71. The maximum atomic E-state index is 14.5. The molecule has 5 nitrogen and oxygen atoms in total. The number of rotatable bonds is 5. The molecule has 0 aromatic heterocycles. The Kier molecular flexibility index (Phi) is 7.86. The van der Waals surface area contributed by atoms with Crippen LogP contribution in [0.4, 0.5) is 4.39 Å². The molecule has 1 amide bonds. The molecule has 0 aliphatic carbocycles. The minimum Gasteiger partial charge on any atom is -0.493 e. The van der Waals surface area contributed by atoms with Crippen LogP contribution < -0.4 is 9.47 Å². The molecule has 36 heavy (non-hydrogen) atoms. The van der Waals surface area contributed by atoms with E-state index in [2.05, 4.69) is 24.0 Å². The van der Waals surface area contributed by atoms with Gasteiger partial charge in [-0.15, -0.1) is 12.4 Å². The molecule has 0 saturated heterocycles. The van der Waals surface area contributed by atoms with E-state index in [4.69, 9.17) is 9.47 Å². The Bertz CT molecular complexity index is 1250. The van der Waals surface area contributed by atoms with Crippen molar-refractivity contribution < 1.29 is 18.7 Å². The number of benzene rings is 3. The third kappa shape index (κ3) is 4.80. The molecule has 2 heterocycles. The lowest BCUT2D eigenvalue weighted by Crippen LogP contribution is -2.53. The highest BCUT2D eigenvalue weighted by Gasteiger charge is 2.38. The van der Waals surface area contributed by atoms with E-state index >= 15 is 0 Å². The minimum absolute atomic E-state index is 0. The fourth-order valence-corrected chi connectivity index (χ4v) is 5.47. The molecule has 0 bridgehead atoms. The van der Waals surface area contributed by atoms with Gasteiger partial charge in [0.15, 0.2) is 11.5 Å². The van der Waals surface area contributed by atoms with Crippen molar-refractivity contribution in [2.45, 2.75) is 44.9 Å².